The molecule has 2 N–H and O–H groups in total. The number of aryl methyl sites for hydroxylation is 1. The highest BCUT2D eigenvalue weighted by Crippen LogP contribution is 2.18. The third kappa shape index (κ3) is 1.65. The van der Waals surface area contributed by atoms with Gasteiger partial charge in [-0.25, -0.2) is 9.97 Å². The molecule has 1 aromatic carbocycles. The van der Waals surface area contributed by atoms with Gasteiger partial charge in [0.05, 0.1) is 17.2 Å². The molecule has 3 rings (SSSR count). The molecule has 2 aromatic heterocycles. The first-order chi connectivity index (χ1) is 8.24. The summed E-state index contributed by atoms with van der Waals surface area (Å²) in [7, 11) is 0. The number of rotatable bonds is 2. The average molecular weight is 228 g/mol. The number of hydrogen-bond acceptors (Lipinski definition) is 4. The number of hydrogen-bond donors (Lipinski definition) is 1. The SMILES string of the molecule is Cc1cnc(Cn2c(N)nc3ccccc32)o1. The van der Waals surface area contributed by atoms with Crippen LogP contribution in [0.5, 0.6) is 0 Å². The number of oxazole rings is 1. The maximum Gasteiger partial charge on any atom is 0.214 e. The highest BCUT2D eigenvalue weighted by Gasteiger charge is 2.10. The van der Waals surface area contributed by atoms with Gasteiger partial charge in [0.1, 0.15) is 12.3 Å². The fourth-order valence-electron chi connectivity index (χ4n) is 1.87. The smallest absolute Gasteiger partial charge is 0.214 e. The molecule has 0 aliphatic rings. The number of anilines is 1. The molecule has 0 radical (unpaired) electrons. The zero-order valence-electron chi connectivity index (χ0n) is 9.42. The van der Waals surface area contributed by atoms with Crippen molar-refractivity contribution in [2.24, 2.45) is 0 Å². The van der Waals surface area contributed by atoms with Crippen molar-refractivity contribution in [1.82, 2.24) is 14.5 Å². The van der Waals surface area contributed by atoms with E-state index in [9.17, 15) is 0 Å². The Hall–Kier alpha value is -2.30. The third-order valence-corrected chi connectivity index (χ3v) is 2.65. The van der Waals surface area contributed by atoms with Crippen LogP contribution < -0.4 is 5.73 Å². The zero-order valence-corrected chi connectivity index (χ0v) is 9.42. The molecule has 0 bridgehead atoms. The number of nitrogens with zero attached hydrogens (tertiary/aromatic N) is 3. The van der Waals surface area contributed by atoms with Crippen LogP contribution in [0.4, 0.5) is 5.95 Å². The Kier molecular flexibility index (Phi) is 2.11. The second-order valence-electron chi connectivity index (χ2n) is 3.91. The molecule has 0 saturated heterocycles. The van der Waals surface area contributed by atoms with Gasteiger partial charge in [0.2, 0.25) is 11.8 Å². The van der Waals surface area contributed by atoms with Crippen molar-refractivity contribution >= 4 is 17.0 Å². The van der Waals surface area contributed by atoms with Crippen LogP contribution in [0, 0.1) is 6.92 Å². The number of para-hydroxylation sites is 2. The van der Waals surface area contributed by atoms with Crippen molar-refractivity contribution in [2.45, 2.75) is 13.5 Å². The van der Waals surface area contributed by atoms with Gasteiger partial charge in [-0.2, -0.15) is 0 Å². The lowest BCUT2D eigenvalue weighted by atomic mass is 10.3. The molecule has 0 aliphatic heterocycles. The van der Waals surface area contributed by atoms with Crippen molar-refractivity contribution in [1.29, 1.82) is 0 Å². The Bertz CT molecular complexity index is 668. The minimum absolute atomic E-state index is 0.474. The van der Waals surface area contributed by atoms with E-state index in [4.69, 9.17) is 10.2 Å². The normalized spacial score (nSPS) is 11.1. The first kappa shape index (κ1) is 9.89. The predicted molar refractivity (Wildman–Crippen MR) is 64.5 cm³/mol. The van der Waals surface area contributed by atoms with E-state index in [0.29, 0.717) is 18.4 Å². The topological polar surface area (TPSA) is 69.9 Å². The lowest BCUT2D eigenvalue weighted by Crippen LogP contribution is -2.04. The van der Waals surface area contributed by atoms with Gasteiger partial charge in [-0.05, 0) is 19.1 Å². The molecule has 0 fully saturated rings. The molecule has 0 unspecified atom stereocenters. The second-order valence-corrected chi connectivity index (χ2v) is 3.91. The first-order valence-corrected chi connectivity index (χ1v) is 5.36. The standard InChI is InChI=1S/C12H12N4O/c1-8-6-14-11(17-8)7-16-10-5-3-2-4-9(10)15-12(16)13/h2-6H,7H2,1H3,(H2,13,15). The van der Waals surface area contributed by atoms with Gasteiger partial charge in [-0.3, -0.25) is 0 Å². The van der Waals surface area contributed by atoms with Crippen molar-refractivity contribution < 1.29 is 4.42 Å². The van der Waals surface area contributed by atoms with Crippen LogP contribution in [0.25, 0.3) is 11.0 Å². The summed E-state index contributed by atoms with van der Waals surface area (Å²) >= 11 is 0. The number of benzene rings is 1. The molecule has 0 atom stereocenters. The predicted octanol–water partition coefficient (Wildman–Crippen LogP) is 1.96. The van der Waals surface area contributed by atoms with Crippen LogP contribution in [-0.2, 0) is 6.54 Å². The maximum atomic E-state index is 5.89. The van der Waals surface area contributed by atoms with Crippen molar-refractivity contribution in [3.05, 3.63) is 42.1 Å². The van der Waals surface area contributed by atoms with E-state index in [-0.39, 0.29) is 0 Å². The van der Waals surface area contributed by atoms with Gasteiger partial charge in [0.25, 0.3) is 0 Å². The van der Waals surface area contributed by atoms with E-state index in [2.05, 4.69) is 9.97 Å². The molecule has 17 heavy (non-hydrogen) atoms. The Balaban J connectivity index is 2.08. The summed E-state index contributed by atoms with van der Waals surface area (Å²) in [6.07, 6.45) is 1.70. The summed E-state index contributed by atoms with van der Waals surface area (Å²) in [5.41, 5.74) is 7.76. The van der Waals surface area contributed by atoms with Crippen LogP contribution in [0.15, 0.2) is 34.9 Å². The molecule has 2 heterocycles. The number of imidazole rings is 1. The lowest BCUT2D eigenvalue weighted by Gasteiger charge is -2.02. The van der Waals surface area contributed by atoms with Gasteiger partial charge in [0.15, 0.2) is 0 Å². The molecular weight excluding hydrogens is 216 g/mol. The van der Waals surface area contributed by atoms with E-state index in [1.807, 2.05) is 35.8 Å². The molecule has 0 aliphatic carbocycles. The van der Waals surface area contributed by atoms with Gasteiger partial charge in [0, 0.05) is 0 Å². The van der Waals surface area contributed by atoms with Crippen molar-refractivity contribution in [3.63, 3.8) is 0 Å². The number of nitrogen functional groups attached to an aromatic ring is 1. The van der Waals surface area contributed by atoms with E-state index in [1.54, 1.807) is 6.20 Å². The Morgan fingerprint density at radius 2 is 2.18 bits per heavy atom. The van der Waals surface area contributed by atoms with E-state index < -0.39 is 0 Å². The van der Waals surface area contributed by atoms with Crippen molar-refractivity contribution in [3.8, 4) is 0 Å². The zero-order chi connectivity index (χ0) is 11.8. The molecule has 3 aromatic rings. The molecule has 0 amide bonds. The Labute approximate surface area is 97.9 Å². The minimum Gasteiger partial charge on any atom is -0.444 e. The number of aromatic nitrogens is 3. The van der Waals surface area contributed by atoms with Gasteiger partial charge < -0.3 is 14.7 Å². The van der Waals surface area contributed by atoms with Crippen molar-refractivity contribution in [2.75, 3.05) is 5.73 Å². The van der Waals surface area contributed by atoms with Gasteiger partial charge >= 0.3 is 0 Å². The summed E-state index contributed by atoms with van der Waals surface area (Å²) in [4.78, 5) is 8.46. The quantitative estimate of drug-likeness (QED) is 0.728. The fraction of sp³-hybridized carbons (Fsp3) is 0.167. The largest absolute Gasteiger partial charge is 0.444 e. The van der Waals surface area contributed by atoms with Crippen LogP contribution in [-0.4, -0.2) is 14.5 Å². The van der Waals surface area contributed by atoms with E-state index >= 15 is 0 Å². The Morgan fingerprint density at radius 3 is 2.94 bits per heavy atom. The fourth-order valence-corrected chi connectivity index (χ4v) is 1.87. The molecule has 0 saturated carbocycles. The van der Waals surface area contributed by atoms with E-state index in [1.165, 1.54) is 0 Å². The lowest BCUT2D eigenvalue weighted by molar-refractivity contribution is 0.461. The molecular formula is C12H12N4O. The highest BCUT2D eigenvalue weighted by atomic mass is 16.4. The minimum atomic E-state index is 0.474. The van der Waals surface area contributed by atoms with Crippen LogP contribution >= 0.6 is 0 Å². The molecule has 0 spiro atoms. The molecule has 5 heteroatoms. The summed E-state index contributed by atoms with van der Waals surface area (Å²) in [5, 5.41) is 0. The van der Waals surface area contributed by atoms with Crippen LogP contribution in [0.1, 0.15) is 11.7 Å². The summed E-state index contributed by atoms with van der Waals surface area (Å²) in [6.45, 7) is 2.37. The van der Waals surface area contributed by atoms with Gasteiger partial charge in [-0.15, -0.1) is 0 Å². The highest BCUT2D eigenvalue weighted by molar-refractivity contribution is 5.78. The average Bonchev–Trinajstić information content (AvgIpc) is 2.85. The van der Waals surface area contributed by atoms with Crippen LogP contribution in [0.2, 0.25) is 0 Å². The monoisotopic (exact) mass is 228 g/mol. The summed E-state index contributed by atoms with van der Waals surface area (Å²) in [5.74, 6) is 1.90. The number of nitrogens with two attached hydrogens (primary N) is 1. The maximum absolute atomic E-state index is 5.89. The van der Waals surface area contributed by atoms with E-state index in [0.717, 1.165) is 16.8 Å². The summed E-state index contributed by atoms with van der Waals surface area (Å²) < 4.78 is 7.33. The van der Waals surface area contributed by atoms with Gasteiger partial charge in [-0.1, -0.05) is 12.1 Å². The van der Waals surface area contributed by atoms with Crippen LogP contribution in [0.3, 0.4) is 0 Å². The number of fused-ring (bicyclic) bond motifs is 1. The molecule has 86 valence electrons. The third-order valence-electron chi connectivity index (χ3n) is 2.65. The molecule has 5 nitrogen and oxygen atoms in total. The first-order valence-electron chi connectivity index (χ1n) is 5.36. The Morgan fingerprint density at radius 1 is 1.35 bits per heavy atom. The second kappa shape index (κ2) is 3.62. The summed E-state index contributed by atoms with van der Waals surface area (Å²) in [6, 6.07) is 7.81.